The van der Waals surface area contributed by atoms with Gasteiger partial charge in [0.1, 0.15) is 0 Å². The number of rotatable bonds is 6. The summed E-state index contributed by atoms with van der Waals surface area (Å²) in [4.78, 5) is 30.2. The minimum Gasteiger partial charge on any atom is -0.464 e. The topological polar surface area (TPSA) is 133 Å². The second-order valence-electron chi connectivity index (χ2n) is 4.69. The van der Waals surface area contributed by atoms with Crippen LogP contribution in [0, 0.1) is 0 Å². The van der Waals surface area contributed by atoms with E-state index in [1.165, 1.54) is 18.9 Å². The SMILES string of the molecule is CCOC(=O)C(N)C(C)=O.Nc1ccc(SNc2ncccn2)cc1. The number of nitrogens with zero attached hydrogens (tertiary/aromatic N) is 2. The number of aromatic nitrogens is 2. The van der Waals surface area contributed by atoms with Crippen molar-refractivity contribution in [2.75, 3.05) is 17.1 Å². The van der Waals surface area contributed by atoms with Gasteiger partial charge >= 0.3 is 5.97 Å². The van der Waals surface area contributed by atoms with Gasteiger partial charge in [0.05, 0.1) is 6.61 Å². The summed E-state index contributed by atoms with van der Waals surface area (Å²) in [6.45, 7) is 3.16. The lowest BCUT2D eigenvalue weighted by Gasteiger charge is -2.05. The lowest BCUT2D eigenvalue weighted by Crippen LogP contribution is -2.38. The van der Waals surface area contributed by atoms with Gasteiger partial charge < -0.3 is 16.2 Å². The molecule has 0 aliphatic heterocycles. The zero-order valence-corrected chi connectivity index (χ0v) is 14.8. The number of ether oxygens (including phenoxy) is 1. The molecule has 25 heavy (non-hydrogen) atoms. The Morgan fingerprint density at radius 1 is 1.24 bits per heavy atom. The molecular weight excluding hydrogens is 342 g/mol. The Kier molecular flexibility index (Phi) is 8.97. The third-order valence-electron chi connectivity index (χ3n) is 2.68. The molecule has 0 fully saturated rings. The number of nitrogen functional groups attached to an aromatic ring is 1. The molecule has 9 heteroatoms. The summed E-state index contributed by atoms with van der Waals surface area (Å²) in [5.74, 6) is -0.437. The van der Waals surface area contributed by atoms with Crippen LogP contribution in [0.25, 0.3) is 0 Å². The summed E-state index contributed by atoms with van der Waals surface area (Å²) in [5.41, 5.74) is 11.5. The first-order valence-corrected chi connectivity index (χ1v) is 8.23. The van der Waals surface area contributed by atoms with Crippen molar-refractivity contribution in [3.63, 3.8) is 0 Å². The summed E-state index contributed by atoms with van der Waals surface area (Å²) in [7, 11) is 0. The van der Waals surface area contributed by atoms with Crippen LogP contribution in [-0.2, 0) is 14.3 Å². The Labute approximate surface area is 150 Å². The molecule has 0 bridgehead atoms. The van der Waals surface area contributed by atoms with E-state index in [0.29, 0.717) is 5.95 Å². The molecule has 0 saturated carbocycles. The molecular formula is C16H21N5O3S. The van der Waals surface area contributed by atoms with Gasteiger partial charge in [-0.15, -0.1) is 0 Å². The fraction of sp³-hybridized carbons (Fsp3) is 0.250. The zero-order valence-electron chi connectivity index (χ0n) is 14.0. The maximum absolute atomic E-state index is 10.6. The first kappa shape index (κ1) is 20.4. The number of hydrogen-bond donors (Lipinski definition) is 3. The molecule has 1 heterocycles. The quantitative estimate of drug-likeness (QED) is 0.303. The van der Waals surface area contributed by atoms with Gasteiger partial charge in [-0.3, -0.25) is 9.52 Å². The summed E-state index contributed by atoms with van der Waals surface area (Å²) in [6.07, 6.45) is 3.39. The molecule has 1 aromatic heterocycles. The van der Waals surface area contributed by atoms with Crippen LogP contribution in [-0.4, -0.2) is 34.4 Å². The first-order chi connectivity index (χ1) is 11.9. The minimum absolute atomic E-state index is 0.250. The zero-order chi connectivity index (χ0) is 18.7. The molecule has 2 rings (SSSR count). The molecule has 2 aromatic rings. The lowest BCUT2D eigenvalue weighted by atomic mass is 10.2. The van der Waals surface area contributed by atoms with Crippen LogP contribution in [0.5, 0.6) is 0 Å². The monoisotopic (exact) mass is 363 g/mol. The molecule has 0 radical (unpaired) electrons. The Morgan fingerprint density at radius 2 is 1.84 bits per heavy atom. The van der Waals surface area contributed by atoms with Gasteiger partial charge in [0, 0.05) is 23.0 Å². The smallest absolute Gasteiger partial charge is 0.330 e. The number of esters is 1. The number of hydrogen-bond acceptors (Lipinski definition) is 9. The fourth-order valence-corrected chi connectivity index (χ4v) is 1.98. The van der Waals surface area contributed by atoms with Crippen molar-refractivity contribution in [1.29, 1.82) is 0 Å². The Balaban J connectivity index is 0.000000275. The van der Waals surface area contributed by atoms with E-state index in [0.717, 1.165) is 10.6 Å². The van der Waals surface area contributed by atoms with E-state index in [4.69, 9.17) is 11.5 Å². The minimum atomic E-state index is -1.11. The molecule has 8 nitrogen and oxygen atoms in total. The number of nitrogens with one attached hydrogen (secondary N) is 1. The van der Waals surface area contributed by atoms with Crippen molar-refractivity contribution >= 4 is 35.3 Å². The average Bonchev–Trinajstić information content (AvgIpc) is 2.62. The molecule has 0 saturated heterocycles. The van der Waals surface area contributed by atoms with Crippen molar-refractivity contribution in [1.82, 2.24) is 9.97 Å². The van der Waals surface area contributed by atoms with E-state index < -0.39 is 12.0 Å². The molecule has 5 N–H and O–H groups in total. The van der Waals surface area contributed by atoms with E-state index >= 15 is 0 Å². The Bertz CT molecular complexity index is 667. The van der Waals surface area contributed by atoms with Gasteiger partial charge in [0.2, 0.25) is 5.95 Å². The van der Waals surface area contributed by atoms with Crippen molar-refractivity contribution < 1.29 is 14.3 Å². The highest BCUT2D eigenvalue weighted by Crippen LogP contribution is 2.19. The predicted molar refractivity (Wildman–Crippen MR) is 97.7 cm³/mol. The summed E-state index contributed by atoms with van der Waals surface area (Å²) in [5, 5.41) is 0. The van der Waals surface area contributed by atoms with Gasteiger partial charge in [0.25, 0.3) is 0 Å². The maximum atomic E-state index is 10.6. The van der Waals surface area contributed by atoms with E-state index in [2.05, 4.69) is 19.4 Å². The fourth-order valence-electron chi connectivity index (χ4n) is 1.39. The predicted octanol–water partition coefficient (Wildman–Crippen LogP) is 1.64. The van der Waals surface area contributed by atoms with Gasteiger partial charge in [-0.2, -0.15) is 0 Å². The second kappa shape index (κ2) is 11.0. The molecule has 0 amide bonds. The van der Waals surface area contributed by atoms with Gasteiger partial charge in [-0.1, -0.05) is 0 Å². The van der Waals surface area contributed by atoms with E-state index in [-0.39, 0.29) is 12.4 Å². The standard InChI is InChI=1S/C10H10N4S.C6H11NO3/c11-8-2-4-9(5-3-8)15-14-10-12-6-1-7-13-10;1-3-10-6(9)5(7)4(2)8/h1-7H,11H2,(H,12,13,14);5H,3,7H2,1-2H3. The highest BCUT2D eigenvalue weighted by atomic mass is 32.2. The molecule has 0 aliphatic carbocycles. The Morgan fingerprint density at radius 3 is 2.36 bits per heavy atom. The number of Topliss-reactive ketones (excluding diaryl/α,β-unsaturated/α-hetero) is 1. The van der Waals surface area contributed by atoms with Crippen molar-refractivity contribution in [2.24, 2.45) is 5.73 Å². The van der Waals surface area contributed by atoms with Crippen molar-refractivity contribution in [3.05, 3.63) is 42.7 Å². The van der Waals surface area contributed by atoms with Crippen LogP contribution in [0.2, 0.25) is 0 Å². The third kappa shape index (κ3) is 8.13. The molecule has 0 aliphatic rings. The highest BCUT2D eigenvalue weighted by molar-refractivity contribution is 8.00. The summed E-state index contributed by atoms with van der Waals surface area (Å²) >= 11 is 1.45. The largest absolute Gasteiger partial charge is 0.464 e. The molecule has 0 spiro atoms. The number of carbonyl (C=O) groups is 2. The maximum Gasteiger partial charge on any atom is 0.330 e. The van der Waals surface area contributed by atoms with Gasteiger partial charge in [-0.05, 0) is 56.1 Å². The lowest BCUT2D eigenvalue weighted by molar-refractivity contribution is -0.147. The van der Waals surface area contributed by atoms with Crippen LogP contribution in [0.15, 0.2) is 47.6 Å². The number of benzene rings is 1. The van der Waals surface area contributed by atoms with Crippen LogP contribution >= 0.6 is 11.9 Å². The van der Waals surface area contributed by atoms with Crippen molar-refractivity contribution in [2.45, 2.75) is 24.8 Å². The van der Waals surface area contributed by atoms with E-state index in [1.54, 1.807) is 25.4 Å². The van der Waals surface area contributed by atoms with Crippen LogP contribution in [0.4, 0.5) is 11.6 Å². The highest BCUT2D eigenvalue weighted by Gasteiger charge is 2.18. The first-order valence-electron chi connectivity index (χ1n) is 7.42. The number of nitrogens with two attached hydrogens (primary N) is 2. The van der Waals surface area contributed by atoms with Gasteiger partial charge in [0.15, 0.2) is 11.8 Å². The van der Waals surface area contributed by atoms with Crippen LogP contribution < -0.4 is 16.2 Å². The molecule has 134 valence electrons. The summed E-state index contributed by atoms with van der Waals surface area (Å²) < 4.78 is 7.51. The normalized spacial score (nSPS) is 10.8. The van der Waals surface area contributed by atoms with Crippen molar-refractivity contribution in [3.8, 4) is 0 Å². The van der Waals surface area contributed by atoms with Crippen LogP contribution in [0.1, 0.15) is 13.8 Å². The van der Waals surface area contributed by atoms with Gasteiger partial charge in [-0.25, -0.2) is 14.8 Å². The second-order valence-corrected chi connectivity index (χ2v) is 5.57. The van der Waals surface area contributed by atoms with E-state index in [1.807, 2.05) is 24.3 Å². The number of anilines is 2. The van der Waals surface area contributed by atoms with Crippen LogP contribution in [0.3, 0.4) is 0 Å². The Hall–Kier alpha value is -2.65. The molecule has 1 aromatic carbocycles. The molecule has 1 atom stereocenters. The number of ketones is 1. The third-order valence-corrected chi connectivity index (χ3v) is 3.48. The van der Waals surface area contributed by atoms with E-state index in [9.17, 15) is 9.59 Å². The molecule has 1 unspecified atom stereocenters. The average molecular weight is 363 g/mol. The number of carbonyl (C=O) groups excluding carboxylic acids is 2. The summed E-state index contributed by atoms with van der Waals surface area (Å²) in [6, 6.07) is 8.26.